The second-order valence-corrected chi connectivity index (χ2v) is 5.31. The third kappa shape index (κ3) is 5.33. The summed E-state index contributed by atoms with van der Waals surface area (Å²) >= 11 is 0. The van der Waals surface area contributed by atoms with E-state index < -0.39 is 12.0 Å². The van der Waals surface area contributed by atoms with Crippen LogP contribution in [0.25, 0.3) is 0 Å². The molecular weight excluding hydrogens is 314 g/mol. The first-order chi connectivity index (χ1) is 11.5. The number of methoxy groups -OCH3 is 3. The number of carboxylic acids is 1. The molecule has 0 radical (unpaired) electrons. The van der Waals surface area contributed by atoms with Gasteiger partial charge in [0.25, 0.3) is 0 Å². The average Bonchev–Trinajstić information content (AvgIpc) is 2.57. The summed E-state index contributed by atoms with van der Waals surface area (Å²) in [6, 6.07) is 2.46. The van der Waals surface area contributed by atoms with Crippen molar-refractivity contribution in [3.8, 4) is 17.2 Å². The number of hydrogen-bond acceptors (Lipinski definition) is 5. The number of carboxylic acid groups (broad SMARTS) is 1. The molecule has 7 nitrogen and oxygen atoms in total. The first-order valence-electron chi connectivity index (χ1n) is 7.77. The van der Waals surface area contributed by atoms with Gasteiger partial charge in [-0.25, -0.2) is 4.79 Å². The molecule has 1 amide bonds. The molecule has 0 saturated carbocycles. The van der Waals surface area contributed by atoms with Gasteiger partial charge >= 0.3 is 5.97 Å². The Balaban J connectivity index is 2.87. The number of carbonyl (C=O) groups is 2. The Hall–Kier alpha value is -2.44. The van der Waals surface area contributed by atoms with E-state index in [1.807, 2.05) is 6.92 Å². The molecule has 0 saturated heterocycles. The summed E-state index contributed by atoms with van der Waals surface area (Å²) < 4.78 is 15.7. The molecule has 0 fully saturated rings. The van der Waals surface area contributed by atoms with Crippen molar-refractivity contribution in [3.63, 3.8) is 0 Å². The van der Waals surface area contributed by atoms with Gasteiger partial charge in [0, 0.05) is 0 Å². The highest BCUT2D eigenvalue weighted by molar-refractivity contribution is 5.85. The molecule has 0 spiro atoms. The van der Waals surface area contributed by atoms with Crippen LogP contribution < -0.4 is 19.5 Å². The van der Waals surface area contributed by atoms with E-state index in [0.717, 1.165) is 12.8 Å². The lowest BCUT2D eigenvalue weighted by molar-refractivity contribution is -0.142. The van der Waals surface area contributed by atoms with Crippen LogP contribution in [0.1, 0.15) is 31.7 Å². The molecule has 0 heterocycles. The van der Waals surface area contributed by atoms with Gasteiger partial charge in [-0.1, -0.05) is 19.8 Å². The molecule has 134 valence electrons. The zero-order chi connectivity index (χ0) is 18.1. The number of hydrogen-bond donors (Lipinski definition) is 2. The molecule has 0 bridgehead atoms. The zero-order valence-corrected chi connectivity index (χ0v) is 14.5. The van der Waals surface area contributed by atoms with Gasteiger partial charge in [0.05, 0.1) is 27.8 Å². The molecular formula is C17H25NO6. The first kappa shape index (κ1) is 19.6. The Kier molecular flexibility index (Phi) is 7.88. The molecule has 1 atom stereocenters. The van der Waals surface area contributed by atoms with E-state index in [1.54, 1.807) is 12.1 Å². The summed E-state index contributed by atoms with van der Waals surface area (Å²) in [7, 11) is 4.48. The number of ether oxygens (including phenoxy) is 3. The van der Waals surface area contributed by atoms with Crippen molar-refractivity contribution in [1.29, 1.82) is 0 Å². The topological polar surface area (TPSA) is 94.1 Å². The second kappa shape index (κ2) is 9.64. The van der Waals surface area contributed by atoms with Crippen molar-refractivity contribution in [2.75, 3.05) is 21.3 Å². The normalized spacial score (nSPS) is 11.5. The van der Waals surface area contributed by atoms with Crippen LogP contribution >= 0.6 is 0 Å². The number of rotatable bonds is 10. The van der Waals surface area contributed by atoms with Crippen LogP contribution in [0.3, 0.4) is 0 Å². The van der Waals surface area contributed by atoms with Crippen molar-refractivity contribution in [1.82, 2.24) is 5.32 Å². The van der Waals surface area contributed by atoms with Crippen LogP contribution in [0, 0.1) is 0 Å². The summed E-state index contributed by atoms with van der Waals surface area (Å²) in [5, 5.41) is 11.7. The van der Waals surface area contributed by atoms with Crippen LogP contribution in [0.4, 0.5) is 0 Å². The van der Waals surface area contributed by atoms with Crippen LogP contribution in [0.2, 0.25) is 0 Å². The van der Waals surface area contributed by atoms with Gasteiger partial charge in [-0.15, -0.1) is 0 Å². The van der Waals surface area contributed by atoms with Crippen LogP contribution in [0.5, 0.6) is 17.2 Å². The van der Waals surface area contributed by atoms with Gasteiger partial charge < -0.3 is 24.6 Å². The molecule has 0 aliphatic heterocycles. The Morgan fingerprint density at radius 3 is 2.12 bits per heavy atom. The largest absolute Gasteiger partial charge is 0.493 e. The zero-order valence-electron chi connectivity index (χ0n) is 14.5. The summed E-state index contributed by atoms with van der Waals surface area (Å²) in [4.78, 5) is 23.4. The predicted octanol–water partition coefficient (Wildman–Crippen LogP) is 2.01. The van der Waals surface area contributed by atoms with Gasteiger partial charge in [-0.3, -0.25) is 4.79 Å². The minimum absolute atomic E-state index is 0.0205. The molecule has 1 rings (SSSR count). The molecule has 0 aliphatic carbocycles. The Morgan fingerprint density at radius 2 is 1.71 bits per heavy atom. The predicted molar refractivity (Wildman–Crippen MR) is 88.9 cm³/mol. The van der Waals surface area contributed by atoms with Crippen molar-refractivity contribution in [2.24, 2.45) is 0 Å². The SMILES string of the molecule is CCCC[C@H](NC(=O)Cc1cc(OC)c(OC)c(OC)c1)C(=O)O. The molecule has 1 aromatic rings. The van der Waals surface area contributed by atoms with Crippen LogP contribution in [-0.2, 0) is 16.0 Å². The number of amides is 1. The van der Waals surface area contributed by atoms with Gasteiger partial charge in [0.15, 0.2) is 11.5 Å². The maximum Gasteiger partial charge on any atom is 0.326 e. The third-order valence-corrected chi connectivity index (χ3v) is 3.57. The molecule has 0 aliphatic rings. The third-order valence-electron chi connectivity index (χ3n) is 3.57. The van der Waals surface area contributed by atoms with Gasteiger partial charge in [-0.05, 0) is 24.1 Å². The minimum atomic E-state index is -1.03. The fraction of sp³-hybridized carbons (Fsp3) is 0.529. The number of aliphatic carboxylic acids is 1. The van der Waals surface area contributed by atoms with Crippen molar-refractivity contribution in [3.05, 3.63) is 17.7 Å². The van der Waals surface area contributed by atoms with Gasteiger partial charge in [-0.2, -0.15) is 0 Å². The van der Waals surface area contributed by atoms with Crippen molar-refractivity contribution in [2.45, 2.75) is 38.6 Å². The number of benzene rings is 1. The summed E-state index contributed by atoms with van der Waals surface area (Å²) in [5.41, 5.74) is 0.640. The molecule has 2 N–H and O–H groups in total. The number of unbranched alkanes of at least 4 members (excludes halogenated alkanes) is 1. The van der Waals surface area contributed by atoms with E-state index in [-0.39, 0.29) is 12.3 Å². The summed E-state index contributed by atoms with van der Waals surface area (Å²) in [6.45, 7) is 1.97. The van der Waals surface area contributed by atoms with E-state index in [2.05, 4.69) is 5.32 Å². The molecule has 7 heteroatoms. The lowest BCUT2D eigenvalue weighted by Crippen LogP contribution is -2.41. The fourth-order valence-corrected chi connectivity index (χ4v) is 2.33. The quantitative estimate of drug-likeness (QED) is 0.677. The molecule has 0 aromatic heterocycles. The van der Waals surface area contributed by atoms with E-state index in [4.69, 9.17) is 14.2 Å². The maximum absolute atomic E-state index is 12.2. The lowest BCUT2D eigenvalue weighted by Gasteiger charge is -2.16. The average molecular weight is 339 g/mol. The number of carbonyl (C=O) groups excluding carboxylic acids is 1. The summed E-state index contributed by atoms with van der Waals surface area (Å²) in [5.74, 6) is -0.0641. The van der Waals surface area contributed by atoms with Gasteiger partial charge in [0.2, 0.25) is 11.7 Å². The van der Waals surface area contributed by atoms with Gasteiger partial charge in [0.1, 0.15) is 6.04 Å². The Morgan fingerprint density at radius 1 is 1.12 bits per heavy atom. The Labute approximate surface area is 141 Å². The second-order valence-electron chi connectivity index (χ2n) is 5.31. The van der Waals surface area contributed by atoms with E-state index >= 15 is 0 Å². The first-order valence-corrected chi connectivity index (χ1v) is 7.77. The maximum atomic E-state index is 12.2. The van der Waals surface area contributed by atoms with Crippen molar-refractivity contribution < 1.29 is 28.9 Å². The van der Waals surface area contributed by atoms with Crippen molar-refractivity contribution >= 4 is 11.9 Å². The standard InChI is InChI=1S/C17H25NO6/c1-5-6-7-12(17(20)21)18-15(19)10-11-8-13(22-2)16(24-4)14(9-11)23-3/h8-9,12H,5-7,10H2,1-4H3,(H,18,19)(H,20,21)/t12-/m0/s1. The smallest absolute Gasteiger partial charge is 0.326 e. The van der Waals surface area contributed by atoms with Crippen LogP contribution in [-0.4, -0.2) is 44.4 Å². The monoisotopic (exact) mass is 339 g/mol. The molecule has 24 heavy (non-hydrogen) atoms. The highest BCUT2D eigenvalue weighted by atomic mass is 16.5. The molecule has 1 aromatic carbocycles. The highest BCUT2D eigenvalue weighted by Crippen LogP contribution is 2.38. The van der Waals surface area contributed by atoms with E-state index in [1.165, 1.54) is 21.3 Å². The minimum Gasteiger partial charge on any atom is -0.493 e. The van der Waals surface area contributed by atoms with Crippen LogP contribution in [0.15, 0.2) is 12.1 Å². The van der Waals surface area contributed by atoms with E-state index in [0.29, 0.717) is 29.2 Å². The highest BCUT2D eigenvalue weighted by Gasteiger charge is 2.20. The molecule has 0 unspecified atom stereocenters. The number of nitrogens with one attached hydrogen (secondary N) is 1. The lowest BCUT2D eigenvalue weighted by atomic mass is 10.1. The summed E-state index contributed by atoms with van der Waals surface area (Å²) in [6.07, 6.45) is 2.04. The van der Waals surface area contributed by atoms with E-state index in [9.17, 15) is 14.7 Å². The Bertz CT molecular complexity index is 547. The fourth-order valence-electron chi connectivity index (χ4n) is 2.33.